The molecule has 0 radical (unpaired) electrons. The lowest BCUT2D eigenvalue weighted by Crippen LogP contribution is -2.39. The maximum absolute atomic E-state index is 10.5. The van der Waals surface area contributed by atoms with Crippen LogP contribution in [0.15, 0.2) is 0 Å². The Bertz CT molecular complexity index is 150. The largest absolute Gasteiger partial charge is 0.388 e. The third-order valence-corrected chi connectivity index (χ3v) is 2.20. The third kappa shape index (κ3) is 2.50. The van der Waals surface area contributed by atoms with Crippen molar-refractivity contribution in [2.75, 3.05) is 6.54 Å². The van der Waals surface area contributed by atoms with Gasteiger partial charge in [0.2, 0.25) is 5.91 Å². The van der Waals surface area contributed by atoms with E-state index in [1.807, 2.05) is 0 Å². The molecule has 1 aliphatic rings. The van der Waals surface area contributed by atoms with Crippen LogP contribution in [0, 0.1) is 0 Å². The van der Waals surface area contributed by atoms with Gasteiger partial charge in [-0.25, -0.2) is 0 Å². The van der Waals surface area contributed by atoms with Gasteiger partial charge < -0.3 is 10.4 Å². The molecule has 0 aromatic rings. The Morgan fingerprint density at radius 1 is 1.55 bits per heavy atom. The SMILES string of the molecule is CC(=O)NCC1(O)CCCC1. The number of hydrogen-bond acceptors (Lipinski definition) is 2. The second-order valence-electron chi connectivity index (χ2n) is 3.34. The fourth-order valence-corrected chi connectivity index (χ4v) is 1.50. The number of carbonyl (C=O) groups is 1. The second-order valence-corrected chi connectivity index (χ2v) is 3.34. The van der Waals surface area contributed by atoms with Gasteiger partial charge in [-0.2, -0.15) is 0 Å². The molecule has 0 saturated heterocycles. The topological polar surface area (TPSA) is 49.3 Å². The summed E-state index contributed by atoms with van der Waals surface area (Å²) in [5, 5.41) is 12.4. The summed E-state index contributed by atoms with van der Waals surface area (Å²) in [6.45, 7) is 1.89. The molecular formula is C8H15NO2. The van der Waals surface area contributed by atoms with Gasteiger partial charge in [-0.1, -0.05) is 12.8 Å². The predicted octanol–water partition coefficient (Wildman–Crippen LogP) is 0.428. The van der Waals surface area contributed by atoms with Gasteiger partial charge in [0.25, 0.3) is 0 Å². The van der Waals surface area contributed by atoms with Crippen LogP contribution in [0.25, 0.3) is 0 Å². The summed E-state index contributed by atoms with van der Waals surface area (Å²) in [4.78, 5) is 10.5. The Balaban J connectivity index is 2.28. The van der Waals surface area contributed by atoms with Crippen LogP contribution in [0.4, 0.5) is 0 Å². The van der Waals surface area contributed by atoms with Crippen molar-refractivity contribution in [3.63, 3.8) is 0 Å². The average Bonchev–Trinajstić information content (AvgIpc) is 2.33. The van der Waals surface area contributed by atoms with Gasteiger partial charge in [-0.05, 0) is 12.8 Å². The Hall–Kier alpha value is -0.570. The lowest BCUT2D eigenvalue weighted by Gasteiger charge is -2.21. The summed E-state index contributed by atoms with van der Waals surface area (Å²) in [7, 11) is 0. The van der Waals surface area contributed by atoms with Crippen LogP contribution in [-0.4, -0.2) is 23.2 Å². The summed E-state index contributed by atoms with van der Waals surface area (Å²) >= 11 is 0. The van der Waals surface area contributed by atoms with Crippen molar-refractivity contribution in [1.29, 1.82) is 0 Å². The number of hydrogen-bond donors (Lipinski definition) is 2. The van der Waals surface area contributed by atoms with Crippen LogP contribution >= 0.6 is 0 Å². The lowest BCUT2D eigenvalue weighted by molar-refractivity contribution is -0.120. The molecule has 0 bridgehead atoms. The van der Waals surface area contributed by atoms with Crippen LogP contribution < -0.4 is 5.32 Å². The first-order valence-corrected chi connectivity index (χ1v) is 4.09. The summed E-state index contributed by atoms with van der Waals surface area (Å²) in [5.41, 5.74) is -0.605. The van der Waals surface area contributed by atoms with Crippen molar-refractivity contribution in [3.05, 3.63) is 0 Å². The van der Waals surface area contributed by atoms with Gasteiger partial charge in [0.1, 0.15) is 0 Å². The fraction of sp³-hybridized carbons (Fsp3) is 0.875. The number of nitrogens with one attached hydrogen (secondary N) is 1. The molecule has 1 rings (SSSR count). The first kappa shape index (κ1) is 8.53. The van der Waals surface area contributed by atoms with E-state index in [1.54, 1.807) is 0 Å². The van der Waals surface area contributed by atoms with Crippen LogP contribution in [0.3, 0.4) is 0 Å². The molecule has 0 unspecified atom stereocenters. The molecule has 3 heteroatoms. The molecule has 0 atom stereocenters. The molecule has 2 N–H and O–H groups in total. The minimum absolute atomic E-state index is 0.0645. The minimum atomic E-state index is -0.605. The molecule has 0 heterocycles. The first-order chi connectivity index (χ1) is 5.12. The van der Waals surface area contributed by atoms with Crippen molar-refractivity contribution < 1.29 is 9.90 Å². The zero-order valence-corrected chi connectivity index (χ0v) is 6.89. The van der Waals surface area contributed by atoms with E-state index in [0.29, 0.717) is 6.54 Å². The third-order valence-electron chi connectivity index (χ3n) is 2.20. The Kier molecular flexibility index (Phi) is 2.49. The van der Waals surface area contributed by atoms with Crippen molar-refractivity contribution in [3.8, 4) is 0 Å². The molecular weight excluding hydrogens is 142 g/mol. The molecule has 1 fully saturated rings. The predicted molar refractivity (Wildman–Crippen MR) is 42.1 cm³/mol. The first-order valence-electron chi connectivity index (χ1n) is 4.09. The van der Waals surface area contributed by atoms with Gasteiger partial charge in [-0.3, -0.25) is 4.79 Å². The number of rotatable bonds is 2. The van der Waals surface area contributed by atoms with Crippen LogP contribution in [0.5, 0.6) is 0 Å². The van der Waals surface area contributed by atoms with Crippen molar-refractivity contribution in [2.24, 2.45) is 0 Å². The summed E-state index contributed by atoms with van der Waals surface area (Å²) in [5.74, 6) is -0.0645. The molecule has 1 aliphatic carbocycles. The highest BCUT2D eigenvalue weighted by atomic mass is 16.3. The van der Waals surface area contributed by atoms with E-state index >= 15 is 0 Å². The lowest BCUT2D eigenvalue weighted by atomic mass is 10.0. The van der Waals surface area contributed by atoms with E-state index in [1.165, 1.54) is 6.92 Å². The number of carbonyl (C=O) groups excluding carboxylic acids is 1. The van der Waals surface area contributed by atoms with Crippen LogP contribution in [0.2, 0.25) is 0 Å². The van der Waals surface area contributed by atoms with E-state index in [4.69, 9.17) is 0 Å². The van der Waals surface area contributed by atoms with E-state index < -0.39 is 5.60 Å². The van der Waals surface area contributed by atoms with E-state index in [2.05, 4.69) is 5.32 Å². The fourth-order valence-electron chi connectivity index (χ4n) is 1.50. The van der Waals surface area contributed by atoms with E-state index in [-0.39, 0.29) is 5.91 Å². The van der Waals surface area contributed by atoms with Crippen LogP contribution in [0.1, 0.15) is 32.6 Å². The molecule has 0 spiro atoms. The minimum Gasteiger partial charge on any atom is -0.388 e. The van der Waals surface area contributed by atoms with E-state index in [9.17, 15) is 9.90 Å². The Morgan fingerprint density at radius 3 is 2.55 bits per heavy atom. The molecule has 0 aromatic carbocycles. The zero-order valence-electron chi connectivity index (χ0n) is 6.89. The molecule has 1 amide bonds. The van der Waals surface area contributed by atoms with Gasteiger partial charge in [0.05, 0.1) is 5.60 Å². The number of aliphatic hydroxyl groups is 1. The average molecular weight is 157 g/mol. The van der Waals surface area contributed by atoms with Gasteiger partial charge in [0.15, 0.2) is 0 Å². The standard InChI is InChI=1S/C8H15NO2/c1-7(10)9-6-8(11)4-2-3-5-8/h11H,2-6H2,1H3,(H,9,10). The normalized spacial score (nSPS) is 21.6. The van der Waals surface area contributed by atoms with E-state index in [0.717, 1.165) is 25.7 Å². The molecule has 0 aromatic heterocycles. The summed E-state index contributed by atoms with van der Waals surface area (Å²) < 4.78 is 0. The summed E-state index contributed by atoms with van der Waals surface area (Å²) in [6.07, 6.45) is 3.81. The van der Waals surface area contributed by atoms with Crippen molar-refractivity contribution in [1.82, 2.24) is 5.32 Å². The zero-order chi connectivity index (χ0) is 8.32. The second kappa shape index (κ2) is 3.22. The highest BCUT2D eigenvalue weighted by Gasteiger charge is 2.30. The highest BCUT2D eigenvalue weighted by molar-refractivity contribution is 5.72. The van der Waals surface area contributed by atoms with Gasteiger partial charge in [-0.15, -0.1) is 0 Å². The highest BCUT2D eigenvalue weighted by Crippen LogP contribution is 2.28. The van der Waals surface area contributed by atoms with Crippen molar-refractivity contribution >= 4 is 5.91 Å². The monoisotopic (exact) mass is 157 g/mol. The molecule has 64 valence electrons. The van der Waals surface area contributed by atoms with Gasteiger partial charge in [0, 0.05) is 13.5 Å². The Labute approximate surface area is 66.8 Å². The maximum atomic E-state index is 10.5. The quantitative estimate of drug-likeness (QED) is 0.610. The molecule has 1 saturated carbocycles. The van der Waals surface area contributed by atoms with Crippen LogP contribution in [-0.2, 0) is 4.79 Å². The Morgan fingerprint density at radius 2 is 2.09 bits per heavy atom. The smallest absolute Gasteiger partial charge is 0.216 e. The molecule has 3 nitrogen and oxygen atoms in total. The molecule has 11 heavy (non-hydrogen) atoms. The maximum Gasteiger partial charge on any atom is 0.216 e. The van der Waals surface area contributed by atoms with Gasteiger partial charge >= 0.3 is 0 Å². The van der Waals surface area contributed by atoms with Crippen molar-refractivity contribution in [2.45, 2.75) is 38.2 Å². The summed E-state index contributed by atoms with van der Waals surface area (Å²) in [6, 6.07) is 0. The molecule has 0 aliphatic heterocycles. The number of amides is 1.